The van der Waals surface area contributed by atoms with E-state index in [4.69, 9.17) is 11.6 Å². The maximum Gasteiger partial charge on any atom is 0.271 e. The number of carbonyl (C=O) groups excluding carboxylic acids is 1. The number of amides is 1. The molecule has 0 radical (unpaired) electrons. The summed E-state index contributed by atoms with van der Waals surface area (Å²) in [5.41, 5.74) is 1.69. The van der Waals surface area contributed by atoms with Crippen LogP contribution >= 0.6 is 34.3 Å². The first-order valence-electron chi connectivity index (χ1n) is 9.48. The first-order chi connectivity index (χ1) is 14.3. The summed E-state index contributed by atoms with van der Waals surface area (Å²) in [5.74, 6) is 0.0133. The molecule has 1 aliphatic heterocycles. The van der Waals surface area contributed by atoms with E-state index < -0.39 is 10.0 Å². The largest absolute Gasteiger partial charge is 0.338 e. The SMILES string of the molecule is Cc1nc(-c2csc(S(=O)(=O)Nc3ccccc3Cl)c2)sc1C(=O)N1CCCCC1. The van der Waals surface area contributed by atoms with E-state index in [2.05, 4.69) is 9.71 Å². The van der Waals surface area contributed by atoms with Crippen LogP contribution in [0.15, 0.2) is 39.9 Å². The molecule has 158 valence electrons. The van der Waals surface area contributed by atoms with Crippen molar-refractivity contribution in [2.24, 2.45) is 0 Å². The molecule has 0 saturated carbocycles. The molecule has 1 N–H and O–H groups in total. The zero-order chi connectivity index (χ0) is 21.3. The van der Waals surface area contributed by atoms with Gasteiger partial charge in [0.1, 0.15) is 14.1 Å². The van der Waals surface area contributed by atoms with E-state index in [1.807, 2.05) is 11.8 Å². The topological polar surface area (TPSA) is 79.4 Å². The smallest absolute Gasteiger partial charge is 0.271 e. The number of piperidine rings is 1. The van der Waals surface area contributed by atoms with Gasteiger partial charge in [0, 0.05) is 24.0 Å². The van der Waals surface area contributed by atoms with Crippen molar-refractivity contribution in [1.82, 2.24) is 9.88 Å². The first kappa shape index (κ1) is 21.3. The maximum absolute atomic E-state index is 12.8. The van der Waals surface area contributed by atoms with E-state index in [0.717, 1.165) is 43.7 Å². The van der Waals surface area contributed by atoms with Gasteiger partial charge in [-0.1, -0.05) is 23.7 Å². The van der Waals surface area contributed by atoms with Gasteiger partial charge in [-0.25, -0.2) is 13.4 Å². The van der Waals surface area contributed by atoms with E-state index in [1.54, 1.807) is 35.7 Å². The van der Waals surface area contributed by atoms with Crippen molar-refractivity contribution >= 4 is 55.9 Å². The average Bonchev–Trinajstić information content (AvgIpc) is 3.37. The second-order valence-corrected chi connectivity index (χ2v) is 11.3. The Kier molecular flexibility index (Phi) is 6.15. The van der Waals surface area contributed by atoms with Crippen molar-refractivity contribution in [1.29, 1.82) is 0 Å². The predicted molar refractivity (Wildman–Crippen MR) is 122 cm³/mol. The Morgan fingerprint density at radius 3 is 2.67 bits per heavy atom. The van der Waals surface area contributed by atoms with Crippen LogP contribution in [0.2, 0.25) is 5.02 Å². The lowest BCUT2D eigenvalue weighted by Crippen LogP contribution is -2.35. The van der Waals surface area contributed by atoms with Gasteiger partial charge in [0.15, 0.2) is 0 Å². The zero-order valence-corrected chi connectivity index (χ0v) is 19.4. The van der Waals surface area contributed by atoms with Crippen molar-refractivity contribution in [2.75, 3.05) is 17.8 Å². The molecule has 3 aromatic rings. The Hall–Kier alpha value is -1.94. The van der Waals surface area contributed by atoms with E-state index in [-0.39, 0.29) is 10.1 Å². The number of sulfonamides is 1. The zero-order valence-electron chi connectivity index (χ0n) is 16.2. The third kappa shape index (κ3) is 4.39. The van der Waals surface area contributed by atoms with E-state index >= 15 is 0 Å². The first-order valence-corrected chi connectivity index (χ1v) is 13.0. The molecule has 10 heteroatoms. The number of hydrogen-bond donors (Lipinski definition) is 1. The van der Waals surface area contributed by atoms with Crippen LogP contribution in [0.4, 0.5) is 5.69 Å². The molecule has 1 fully saturated rings. The normalized spacial score (nSPS) is 14.7. The summed E-state index contributed by atoms with van der Waals surface area (Å²) in [6.45, 7) is 3.38. The van der Waals surface area contributed by atoms with E-state index in [1.165, 1.54) is 11.3 Å². The Morgan fingerprint density at radius 1 is 1.20 bits per heavy atom. The number of rotatable bonds is 5. The van der Waals surface area contributed by atoms with Gasteiger partial charge in [-0.2, -0.15) is 0 Å². The van der Waals surface area contributed by atoms with Gasteiger partial charge in [-0.05, 0) is 44.4 Å². The molecule has 0 aliphatic carbocycles. The van der Waals surface area contributed by atoms with Gasteiger partial charge < -0.3 is 4.90 Å². The van der Waals surface area contributed by atoms with Crippen molar-refractivity contribution in [2.45, 2.75) is 30.4 Å². The number of anilines is 1. The van der Waals surface area contributed by atoms with Crippen LogP contribution in [-0.2, 0) is 10.0 Å². The highest BCUT2D eigenvalue weighted by Crippen LogP contribution is 2.35. The van der Waals surface area contributed by atoms with Gasteiger partial charge in [-0.3, -0.25) is 9.52 Å². The summed E-state index contributed by atoms with van der Waals surface area (Å²) in [7, 11) is -3.77. The van der Waals surface area contributed by atoms with Gasteiger partial charge in [0.2, 0.25) is 0 Å². The van der Waals surface area contributed by atoms with Crippen LogP contribution in [0, 0.1) is 6.92 Å². The number of aryl methyl sites for hydroxylation is 1. The minimum atomic E-state index is -3.77. The van der Waals surface area contributed by atoms with Crippen LogP contribution in [0.3, 0.4) is 0 Å². The Bertz CT molecular complexity index is 1180. The highest BCUT2D eigenvalue weighted by molar-refractivity contribution is 7.94. The van der Waals surface area contributed by atoms with Crippen molar-refractivity contribution in [3.63, 3.8) is 0 Å². The molecule has 0 unspecified atom stereocenters. The minimum absolute atomic E-state index is 0.0133. The molecule has 1 saturated heterocycles. The fourth-order valence-electron chi connectivity index (χ4n) is 3.27. The highest BCUT2D eigenvalue weighted by atomic mass is 35.5. The average molecular weight is 482 g/mol. The molecular formula is C20H20ClN3O3S3. The molecule has 6 nitrogen and oxygen atoms in total. The third-order valence-corrected chi connectivity index (χ3v) is 9.17. The van der Waals surface area contributed by atoms with Crippen LogP contribution < -0.4 is 4.72 Å². The number of aromatic nitrogens is 1. The van der Waals surface area contributed by atoms with Crippen LogP contribution in [0.1, 0.15) is 34.6 Å². The predicted octanol–water partition coefficient (Wildman–Crippen LogP) is 5.26. The molecule has 0 atom stereocenters. The number of carbonyl (C=O) groups is 1. The third-order valence-electron chi connectivity index (χ3n) is 4.84. The fourth-order valence-corrected chi connectivity index (χ4v) is 6.85. The van der Waals surface area contributed by atoms with Crippen LogP contribution in [0.5, 0.6) is 0 Å². The summed E-state index contributed by atoms with van der Waals surface area (Å²) in [5, 5.41) is 2.71. The van der Waals surface area contributed by atoms with Crippen molar-refractivity contribution < 1.29 is 13.2 Å². The molecule has 4 rings (SSSR count). The van der Waals surface area contributed by atoms with Crippen LogP contribution in [-0.4, -0.2) is 37.3 Å². The number of halogens is 1. The van der Waals surface area contributed by atoms with Gasteiger partial charge >= 0.3 is 0 Å². The molecule has 1 aliphatic rings. The number of thiazole rings is 1. The number of thiophene rings is 1. The molecule has 1 amide bonds. The Balaban J connectivity index is 1.57. The quantitative estimate of drug-likeness (QED) is 0.539. The number of para-hydroxylation sites is 1. The molecule has 1 aromatic carbocycles. The molecule has 30 heavy (non-hydrogen) atoms. The number of likely N-dealkylation sites (tertiary alicyclic amines) is 1. The van der Waals surface area contributed by atoms with E-state index in [9.17, 15) is 13.2 Å². The van der Waals surface area contributed by atoms with Crippen molar-refractivity contribution in [3.8, 4) is 10.6 Å². The Morgan fingerprint density at radius 2 is 1.93 bits per heavy atom. The maximum atomic E-state index is 12.8. The van der Waals surface area contributed by atoms with Crippen LogP contribution in [0.25, 0.3) is 10.6 Å². The van der Waals surface area contributed by atoms with Gasteiger partial charge in [-0.15, -0.1) is 22.7 Å². The fraction of sp³-hybridized carbons (Fsp3) is 0.300. The summed E-state index contributed by atoms with van der Waals surface area (Å²) in [6, 6.07) is 8.26. The molecule has 3 heterocycles. The van der Waals surface area contributed by atoms with Gasteiger partial charge in [0.05, 0.1) is 16.4 Å². The monoisotopic (exact) mass is 481 g/mol. The molecule has 0 spiro atoms. The summed E-state index contributed by atoms with van der Waals surface area (Å²) in [6.07, 6.45) is 3.21. The second-order valence-electron chi connectivity index (χ2n) is 7.03. The lowest BCUT2D eigenvalue weighted by molar-refractivity contribution is 0.0728. The lowest BCUT2D eigenvalue weighted by atomic mass is 10.1. The van der Waals surface area contributed by atoms with Crippen molar-refractivity contribution in [3.05, 3.63) is 51.3 Å². The van der Waals surface area contributed by atoms with E-state index in [0.29, 0.717) is 31.9 Å². The number of benzene rings is 1. The molecule has 0 bridgehead atoms. The van der Waals surface area contributed by atoms with Gasteiger partial charge in [0.25, 0.3) is 15.9 Å². The molecular weight excluding hydrogens is 462 g/mol. The highest BCUT2D eigenvalue weighted by Gasteiger charge is 2.25. The standard InChI is InChI=1S/C20H20ClN3O3S3/c1-13-18(20(25)24-9-5-2-6-10-24)29-19(22-13)14-11-17(28-12-14)30(26,27)23-16-8-4-3-7-15(16)21/h3-4,7-8,11-12,23H,2,5-6,9-10H2,1H3. The number of nitrogens with zero attached hydrogens (tertiary/aromatic N) is 2. The Labute approximate surface area is 188 Å². The lowest BCUT2D eigenvalue weighted by Gasteiger charge is -2.26. The number of hydrogen-bond acceptors (Lipinski definition) is 6. The molecule has 2 aromatic heterocycles. The summed E-state index contributed by atoms with van der Waals surface area (Å²) < 4.78 is 28.2. The second kappa shape index (κ2) is 8.66. The number of nitrogens with one attached hydrogen (secondary N) is 1. The minimum Gasteiger partial charge on any atom is -0.338 e. The summed E-state index contributed by atoms with van der Waals surface area (Å²) >= 11 is 8.48. The summed E-state index contributed by atoms with van der Waals surface area (Å²) in [4.78, 5) is 19.9.